The van der Waals surface area contributed by atoms with Gasteiger partial charge in [-0.05, 0) is 80.4 Å². The quantitative estimate of drug-likeness (QED) is 0.273. The average Bonchev–Trinajstić information content (AvgIpc) is 2.91. The minimum atomic E-state index is -1.27. The first-order chi connectivity index (χ1) is 19.1. The van der Waals surface area contributed by atoms with Gasteiger partial charge in [-0.2, -0.15) is 0 Å². The van der Waals surface area contributed by atoms with Gasteiger partial charge in [-0.3, -0.25) is 14.7 Å². The number of fused-ring (bicyclic) bond motifs is 1. The molecule has 0 saturated carbocycles. The molecular weight excluding hydrogens is 519 g/mol. The number of carbonyl (C=O) groups is 1. The smallest absolute Gasteiger partial charge is 0.303 e. The van der Waals surface area contributed by atoms with Gasteiger partial charge in [0, 0.05) is 25.5 Å². The van der Waals surface area contributed by atoms with Crippen LogP contribution in [0.15, 0.2) is 36.5 Å². The molecule has 2 heterocycles. The number of carboxylic acids is 1. The van der Waals surface area contributed by atoms with Gasteiger partial charge in [0.05, 0.1) is 43.0 Å². The number of anilines is 1. The number of aromatic nitrogens is 1. The van der Waals surface area contributed by atoms with Crippen LogP contribution in [0.2, 0.25) is 0 Å². The lowest BCUT2D eigenvalue weighted by atomic mass is 9.72. The number of hydrogen-bond acceptors (Lipinski definition) is 5. The van der Waals surface area contributed by atoms with Crippen LogP contribution in [0.3, 0.4) is 0 Å². The van der Waals surface area contributed by atoms with E-state index in [1.807, 2.05) is 43.4 Å². The number of nitrogens with zero attached hydrogens (tertiary/aromatic N) is 3. The third kappa shape index (κ3) is 6.86. The standard InChI is InChI=1S/C31H34F3N3O3/c1-36(2)28-20-35-27-9-8-23(40-3)18-25(27)24(28)7-4-10-31(19-29(38)39)11-14-37(15-12-31)13-5-6-21-16-22(32)17-26(33)30(21)34/h8-9,16-18,20H,4,7,10-15,19H2,1-3H3,(H,38,39). The molecule has 0 atom stereocenters. The number of carboxylic acid groups (broad SMARTS) is 1. The predicted octanol–water partition coefficient (Wildman–Crippen LogP) is 5.66. The number of piperidine rings is 1. The number of rotatable bonds is 9. The Morgan fingerprint density at radius 1 is 1.18 bits per heavy atom. The Morgan fingerprint density at radius 2 is 1.93 bits per heavy atom. The Bertz CT molecular complexity index is 1440. The number of aryl methyl sites for hydroxylation is 1. The van der Waals surface area contributed by atoms with Gasteiger partial charge in [-0.1, -0.05) is 11.8 Å². The molecule has 6 nitrogen and oxygen atoms in total. The summed E-state index contributed by atoms with van der Waals surface area (Å²) >= 11 is 0. The van der Waals surface area contributed by atoms with Crippen LogP contribution in [0.25, 0.3) is 10.9 Å². The molecule has 0 aliphatic carbocycles. The SMILES string of the molecule is COc1ccc2ncc(N(C)C)c(CCCC3(CC(=O)O)CCN(CC#Cc4cc(F)cc(F)c4F)CC3)c2c1. The van der Waals surface area contributed by atoms with Crippen molar-refractivity contribution in [3.05, 3.63) is 65.1 Å². The number of pyridine rings is 1. The van der Waals surface area contributed by atoms with Crippen LogP contribution in [0.5, 0.6) is 5.75 Å². The van der Waals surface area contributed by atoms with Crippen LogP contribution < -0.4 is 9.64 Å². The summed E-state index contributed by atoms with van der Waals surface area (Å²) in [6.07, 6.45) is 5.69. The molecule has 0 unspecified atom stereocenters. The third-order valence-corrected chi connectivity index (χ3v) is 7.74. The van der Waals surface area contributed by atoms with Gasteiger partial charge in [0.15, 0.2) is 11.6 Å². The summed E-state index contributed by atoms with van der Waals surface area (Å²) in [5.74, 6) is 1.97. The maximum absolute atomic E-state index is 13.9. The topological polar surface area (TPSA) is 65.9 Å². The Balaban J connectivity index is 1.44. The van der Waals surface area contributed by atoms with E-state index in [0.717, 1.165) is 53.2 Å². The van der Waals surface area contributed by atoms with Crippen molar-refractivity contribution >= 4 is 22.6 Å². The van der Waals surface area contributed by atoms with Gasteiger partial charge in [0.25, 0.3) is 0 Å². The molecule has 1 aromatic heterocycles. The number of hydrogen-bond donors (Lipinski definition) is 1. The van der Waals surface area contributed by atoms with E-state index in [0.29, 0.717) is 38.5 Å². The van der Waals surface area contributed by atoms with Gasteiger partial charge < -0.3 is 14.7 Å². The van der Waals surface area contributed by atoms with E-state index in [-0.39, 0.29) is 17.4 Å². The summed E-state index contributed by atoms with van der Waals surface area (Å²) < 4.78 is 46.2. The lowest BCUT2D eigenvalue weighted by Gasteiger charge is -2.41. The van der Waals surface area contributed by atoms with E-state index in [1.54, 1.807) is 7.11 Å². The highest BCUT2D eigenvalue weighted by Crippen LogP contribution is 2.41. The first kappa shape index (κ1) is 29.2. The molecule has 1 saturated heterocycles. The summed E-state index contributed by atoms with van der Waals surface area (Å²) in [5.41, 5.74) is 2.42. The van der Waals surface area contributed by atoms with Crippen LogP contribution in [0.4, 0.5) is 18.9 Å². The zero-order chi connectivity index (χ0) is 28.9. The van der Waals surface area contributed by atoms with Crippen molar-refractivity contribution < 1.29 is 27.8 Å². The minimum Gasteiger partial charge on any atom is -0.497 e. The summed E-state index contributed by atoms with van der Waals surface area (Å²) in [5, 5.41) is 10.7. The van der Waals surface area contributed by atoms with Gasteiger partial charge >= 0.3 is 5.97 Å². The second kappa shape index (κ2) is 12.6. The molecule has 3 aromatic rings. The second-order valence-electron chi connectivity index (χ2n) is 10.7. The Kier molecular flexibility index (Phi) is 9.21. The van der Waals surface area contributed by atoms with Crippen molar-refractivity contribution in [3.63, 3.8) is 0 Å². The highest BCUT2D eigenvalue weighted by Gasteiger charge is 2.36. The van der Waals surface area contributed by atoms with E-state index in [1.165, 1.54) is 0 Å². The molecule has 4 rings (SSSR count). The van der Waals surface area contributed by atoms with Crippen molar-refractivity contribution in [3.8, 4) is 17.6 Å². The molecule has 1 N–H and O–H groups in total. The molecule has 0 radical (unpaired) electrons. The molecule has 1 fully saturated rings. The monoisotopic (exact) mass is 553 g/mol. The van der Waals surface area contributed by atoms with Crippen molar-refractivity contribution in [2.75, 3.05) is 45.7 Å². The molecule has 1 aliphatic rings. The molecule has 212 valence electrons. The fourth-order valence-corrected chi connectivity index (χ4v) is 5.55. The van der Waals surface area contributed by atoms with E-state index < -0.39 is 23.4 Å². The van der Waals surface area contributed by atoms with E-state index in [9.17, 15) is 23.1 Å². The number of methoxy groups -OCH3 is 1. The van der Waals surface area contributed by atoms with Gasteiger partial charge in [0.1, 0.15) is 11.6 Å². The third-order valence-electron chi connectivity index (χ3n) is 7.74. The van der Waals surface area contributed by atoms with Gasteiger partial charge in [0.2, 0.25) is 0 Å². The summed E-state index contributed by atoms with van der Waals surface area (Å²) in [6, 6.07) is 7.20. The fraction of sp³-hybridized carbons (Fsp3) is 0.419. The normalized spacial score (nSPS) is 14.9. The number of likely N-dealkylation sites (tertiary alicyclic amines) is 1. The molecule has 0 amide bonds. The van der Waals surface area contributed by atoms with Crippen molar-refractivity contribution in [1.29, 1.82) is 0 Å². The van der Waals surface area contributed by atoms with Crippen LogP contribution in [0, 0.1) is 34.7 Å². The fourth-order valence-electron chi connectivity index (χ4n) is 5.55. The Labute approximate surface area is 232 Å². The number of benzene rings is 2. The first-order valence-electron chi connectivity index (χ1n) is 13.3. The molecule has 0 spiro atoms. The Morgan fingerprint density at radius 3 is 2.60 bits per heavy atom. The van der Waals surface area contributed by atoms with Gasteiger partial charge in [-0.15, -0.1) is 0 Å². The lowest BCUT2D eigenvalue weighted by Crippen LogP contribution is -2.41. The minimum absolute atomic E-state index is 0.0890. The average molecular weight is 554 g/mol. The van der Waals surface area contributed by atoms with E-state index in [2.05, 4.69) is 21.7 Å². The largest absolute Gasteiger partial charge is 0.497 e. The lowest BCUT2D eigenvalue weighted by molar-refractivity contribution is -0.140. The number of halogens is 3. The van der Waals surface area contributed by atoms with Gasteiger partial charge in [-0.25, -0.2) is 13.2 Å². The maximum Gasteiger partial charge on any atom is 0.303 e. The molecule has 1 aliphatic heterocycles. The molecule has 9 heteroatoms. The highest BCUT2D eigenvalue weighted by atomic mass is 19.2. The van der Waals surface area contributed by atoms with Crippen molar-refractivity contribution in [1.82, 2.24) is 9.88 Å². The molecule has 0 bridgehead atoms. The van der Waals surface area contributed by atoms with E-state index >= 15 is 0 Å². The Hall–Kier alpha value is -3.77. The zero-order valence-electron chi connectivity index (χ0n) is 23.1. The van der Waals surface area contributed by atoms with Crippen LogP contribution in [0.1, 0.15) is 43.2 Å². The molecule has 40 heavy (non-hydrogen) atoms. The summed E-state index contributed by atoms with van der Waals surface area (Å²) in [7, 11) is 5.60. The van der Waals surface area contributed by atoms with Crippen molar-refractivity contribution in [2.45, 2.75) is 38.5 Å². The number of aliphatic carboxylic acids is 1. The molecule has 2 aromatic carbocycles. The van der Waals surface area contributed by atoms with Crippen LogP contribution >= 0.6 is 0 Å². The predicted molar refractivity (Wildman–Crippen MR) is 149 cm³/mol. The summed E-state index contributed by atoms with van der Waals surface area (Å²) in [4.78, 5) is 20.5. The highest BCUT2D eigenvalue weighted by molar-refractivity contribution is 5.88. The first-order valence-corrected chi connectivity index (χ1v) is 13.3. The second-order valence-corrected chi connectivity index (χ2v) is 10.7. The number of ether oxygens (including phenoxy) is 1. The van der Waals surface area contributed by atoms with Crippen molar-refractivity contribution in [2.24, 2.45) is 5.41 Å². The molecular formula is C31H34F3N3O3. The summed E-state index contributed by atoms with van der Waals surface area (Å²) in [6.45, 7) is 1.58. The van der Waals surface area contributed by atoms with Crippen LogP contribution in [-0.2, 0) is 11.2 Å². The van der Waals surface area contributed by atoms with Crippen LogP contribution in [-0.4, -0.2) is 61.8 Å². The van der Waals surface area contributed by atoms with E-state index in [4.69, 9.17) is 4.74 Å². The zero-order valence-corrected chi connectivity index (χ0v) is 23.1. The maximum atomic E-state index is 13.9.